The number of aromatic nitrogens is 2. The van der Waals surface area contributed by atoms with Gasteiger partial charge in [0.05, 0.1) is 6.54 Å². The molecule has 0 saturated heterocycles. The van der Waals surface area contributed by atoms with E-state index >= 15 is 0 Å². The van der Waals surface area contributed by atoms with Crippen molar-refractivity contribution in [1.29, 1.82) is 0 Å². The zero-order valence-electron chi connectivity index (χ0n) is 11.4. The second-order valence-corrected chi connectivity index (χ2v) is 4.66. The van der Waals surface area contributed by atoms with Crippen molar-refractivity contribution in [2.75, 3.05) is 6.54 Å². The number of rotatable bonds is 2. The van der Waals surface area contributed by atoms with Crippen molar-refractivity contribution >= 4 is 11.7 Å². The number of carbonyl (C=O) groups excluding carboxylic acids is 1. The van der Waals surface area contributed by atoms with Crippen molar-refractivity contribution < 1.29 is 22.4 Å². The summed E-state index contributed by atoms with van der Waals surface area (Å²) in [7, 11) is 0. The lowest BCUT2D eigenvalue weighted by Gasteiger charge is -2.15. The molecule has 0 unspecified atom stereocenters. The van der Waals surface area contributed by atoms with E-state index in [2.05, 4.69) is 20.9 Å². The number of amidine groups is 1. The smallest absolute Gasteiger partial charge is 0.359 e. The maximum absolute atomic E-state index is 14.2. The molecule has 0 aliphatic carbocycles. The number of nitrogens with zero attached hydrogens (tertiary/aromatic N) is 3. The van der Waals surface area contributed by atoms with E-state index in [1.54, 1.807) is 0 Å². The minimum atomic E-state index is -4.60. The van der Waals surface area contributed by atoms with Gasteiger partial charge in [0.1, 0.15) is 11.5 Å². The van der Waals surface area contributed by atoms with Gasteiger partial charge in [0, 0.05) is 11.8 Å². The zero-order chi connectivity index (χ0) is 16.6. The molecule has 0 fully saturated rings. The molecule has 10 heteroatoms. The summed E-state index contributed by atoms with van der Waals surface area (Å²) in [5, 5.41) is 9.74. The van der Waals surface area contributed by atoms with E-state index in [-0.39, 0.29) is 24.0 Å². The van der Waals surface area contributed by atoms with Crippen LogP contribution in [0.2, 0.25) is 0 Å². The van der Waals surface area contributed by atoms with Gasteiger partial charge >= 0.3 is 6.18 Å². The van der Waals surface area contributed by atoms with E-state index in [1.807, 2.05) is 0 Å². The summed E-state index contributed by atoms with van der Waals surface area (Å²) in [5.74, 6) is -0.853. The predicted octanol–water partition coefficient (Wildman–Crippen LogP) is 1.41. The molecule has 0 bridgehead atoms. The Kier molecular flexibility index (Phi) is 3.51. The van der Waals surface area contributed by atoms with Crippen LogP contribution in [-0.2, 0) is 11.0 Å². The SMILES string of the molecule is O=C1CNC(c2ccc(-n3ccc(C(F)(F)F)n3)c(F)c2)=NN1. The third kappa shape index (κ3) is 3.00. The van der Waals surface area contributed by atoms with Crippen molar-refractivity contribution in [3.05, 3.63) is 47.5 Å². The van der Waals surface area contributed by atoms with Gasteiger partial charge < -0.3 is 5.32 Å². The molecule has 3 rings (SSSR count). The second kappa shape index (κ2) is 5.38. The maximum atomic E-state index is 14.2. The van der Waals surface area contributed by atoms with Gasteiger partial charge in [0.2, 0.25) is 0 Å². The van der Waals surface area contributed by atoms with Crippen LogP contribution in [0.15, 0.2) is 35.6 Å². The fourth-order valence-electron chi connectivity index (χ4n) is 1.98. The Morgan fingerprint density at radius 1 is 1.22 bits per heavy atom. The number of halogens is 4. The molecule has 0 atom stereocenters. The molecule has 0 radical (unpaired) electrons. The first-order chi connectivity index (χ1) is 10.8. The third-order valence-electron chi connectivity index (χ3n) is 3.06. The van der Waals surface area contributed by atoms with Crippen LogP contribution in [0.1, 0.15) is 11.3 Å². The monoisotopic (exact) mass is 327 g/mol. The molecular formula is C13H9F4N5O. The zero-order valence-corrected chi connectivity index (χ0v) is 11.4. The van der Waals surface area contributed by atoms with Gasteiger partial charge in [-0.15, -0.1) is 0 Å². The van der Waals surface area contributed by atoms with Crippen molar-refractivity contribution in [3.63, 3.8) is 0 Å². The number of carbonyl (C=O) groups is 1. The van der Waals surface area contributed by atoms with E-state index in [0.29, 0.717) is 5.56 Å². The van der Waals surface area contributed by atoms with Crippen LogP contribution in [0.25, 0.3) is 5.69 Å². The van der Waals surface area contributed by atoms with Crippen LogP contribution in [0.3, 0.4) is 0 Å². The van der Waals surface area contributed by atoms with Crippen LogP contribution < -0.4 is 10.7 Å². The Labute approximate surface area is 126 Å². The number of nitrogens with one attached hydrogen (secondary N) is 2. The molecule has 6 nitrogen and oxygen atoms in total. The first kappa shape index (κ1) is 15.0. The van der Waals surface area contributed by atoms with E-state index in [4.69, 9.17) is 0 Å². The van der Waals surface area contributed by atoms with Gasteiger partial charge in [0.15, 0.2) is 11.5 Å². The highest BCUT2D eigenvalue weighted by Gasteiger charge is 2.33. The van der Waals surface area contributed by atoms with Gasteiger partial charge in [0.25, 0.3) is 5.91 Å². The average Bonchev–Trinajstić information content (AvgIpc) is 2.97. The molecule has 2 aromatic rings. The van der Waals surface area contributed by atoms with Gasteiger partial charge in [-0.2, -0.15) is 23.4 Å². The average molecular weight is 327 g/mol. The molecule has 120 valence electrons. The summed E-state index contributed by atoms with van der Waals surface area (Å²) >= 11 is 0. The lowest BCUT2D eigenvalue weighted by molar-refractivity contribution is -0.141. The summed E-state index contributed by atoms with van der Waals surface area (Å²) < 4.78 is 52.6. The number of amides is 1. The van der Waals surface area contributed by atoms with E-state index in [9.17, 15) is 22.4 Å². The standard InChI is InChI=1S/C13H9F4N5O/c14-8-5-7(12-18-6-11(23)19-20-12)1-2-9(8)22-4-3-10(21-22)13(15,16)17/h1-5H,6H2,(H,18,20)(H,19,23). The van der Waals surface area contributed by atoms with E-state index < -0.39 is 17.7 Å². The lowest BCUT2D eigenvalue weighted by Crippen LogP contribution is -2.42. The molecule has 2 N–H and O–H groups in total. The summed E-state index contributed by atoms with van der Waals surface area (Å²) in [6, 6.07) is 4.58. The highest BCUT2D eigenvalue weighted by molar-refractivity contribution is 6.02. The van der Waals surface area contributed by atoms with Crippen LogP contribution in [0, 0.1) is 5.82 Å². The molecule has 1 amide bonds. The molecule has 1 aromatic heterocycles. The second-order valence-electron chi connectivity index (χ2n) is 4.66. The molecule has 2 heterocycles. The predicted molar refractivity (Wildman–Crippen MR) is 71.2 cm³/mol. The first-order valence-electron chi connectivity index (χ1n) is 6.38. The van der Waals surface area contributed by atoms with E-state index in [1.165, 1.54) is 12.1 Å². The van der Waals surface area contributed by atoms with Crippen molar-refractivity contribution in [2.45, 2.75) is 6.18 Å². The molecule has 1 aromatic carbocycles. The van der Waals surface area contributed by atoms with Crippen LogP contribution in [0.5, 0.6) is 0 Å². The minimum Gasteiger partial charge on any atom is -0.359 e. The molecule has 23 heavy (non-hydrogen) atoms. The fraction of sp³-hybridized carbons (Fsp3) is 0.154. The Morgan fingerprint density at radius 2 is 2.00 bits per heavy atom. The Balaban J connectivity index is 1.91. The fourth-order valence-corrected chi connectivity index (χ4v) is 1.98. The topological polar surface area (TPSA) is 71.3 Å². The summed E-state index contributed by atoms with van der Waals surface area (Å²) in [6.07, 6.45) is -3.57. The third-order valence-corrected chi connectivity index (χ3v) is 3.06. The lowest BCUT2D eigenvalue weighted by atomic mass is 10.1. The summed E-state index contributed by atoms with van der Waals surface area (Å²) in [4.78, 5) is 11.0. The number of hydrazone groups is 1. The molecule has 0 saturated carbocycles. The van der Waals surface area contributed by atoms with Crippen LogP contribution in [-0.4, -0.2) is 28.1 Å². The van der Waals surface area contributed by atoms with Gasteiger partial charge in [-0.25, -0.2) is 14.5 Å². The van der Waals surface area contributed by atoms with Crippen molar-refractivity contribution in [2.24, 2.45) is 5.10 Å². The largest absolute Gasteiger partial charge is 0.435 e. The Hall–Kier alpha value is -2.91. The van der Waals surface area contributed by atoms with E-state index in [0.717, 1.165) is 23.0 Å². The van der Waals surface area contributed by atoms with Gasteiger partial charge in [-0.1, -0.05) is 0 Å². The maximum Gasteiger partial charge on any atom is 0.435 e. The molecule has 1 aliphatic heterocycles. The minimum absolute atomic E-state index is 0.00367. The number of hydrogen-bond donors (Lipinski definition) is 2. The highest BCUT2D eigenvalue weighted by Crippen LogP contribution is 2.28. The van der Waals surface area contributed by atoms with Crippen LogP contribution >= 0.6 is 0 Å². The summed E-state index contributed by atoms with van der Waals surface area (Å²) in [5.41, 5.74) is 1.34. The Bertz CT molecular complexity index is 796. The highest BCUT2D eigenvalue weighted by atomic mass is 19.4. The number of hydrogen-bond acceptors (Lipinski definition) is 4. The van der Waals surface area contributed by atoms with Crippen molar-refractivity contribution in [1.82, 2.24) is 20.5 Å². The van der Waals surface area contributed by atoms with Gasteiger partial charge in [-0.05, 0) is 24.3 Å². The quantitative estimate of drug-likeness (QED) is 0.820. The normalized spacial score (nSPS) is 15.0. The molecular weight excluding hydrogens is 318 g/mol. The van der Waals surface area contributed by atoms with Crippen LogP contribution in [0.4, 0.5) is 17.6 Å². The van der Waals surface area contributed by atoms with Crippen molar-refractivity contribution in [3.8, 4) is 5.69 Å². The number of benzene rings is 1. The van der Waals surface area contributed by atoms with Gasteiger partial charge in [-0.3, -0.25) is 4.79 Å². The first-order valence-corrected chi connectivity index (χ1v) is 6.38. The number of alkyl halides is 3. The molecule has 0 spiro atoms. The molecule has 1 aliphatic rings. The Morgan fingerprint density at radius 3 is 2.57 bits per heavy atom. The summed E-state index contributed by atoms with van der Waals surface area (Å²) in [6.45, 7) is -0.00367.